The minimum atomic E-state index is -1.36. The van der Waals surface area contributed by atoms with Crippen LogP contribution in [0.3, 0.4) is 0 Å². The first-order chi connectivity index (χ1) is 7.91. The van der Waals surface area contributed by atoms with Crippen molar-refractivity contribution in [2.45, 2.75) is 20.1 Å². The number of carbonyl (C=O) groups is 1. The van der Waals surface area contributed by atoms with E-state index in [0.29, 0.717) is 11.3 Å². The van der Waals surface area contributed by atoms with Gasteiger partial charge in [-0.2, -0.15) is 5.23 Å². The lowest BCUT2D eigenvalue weighted by Crippen LogP contribution is -2.99. The summed E-state index contributed by atoms with van der Waals surface area (Å²) in [6.07, 6.45) is -1.36. The highest BCUT2D eigenvalue weighted by Gasteiger charge is 2.29. The van der Waals surface area contributed by atoms with E-state index in [0.717, 1.165) is 5.56 Å². The number of hydrogen-bond acceptors (Lipinski definition) is 5. The summed E-state index contributed by atoms with van der Waals surface area (Å²) >= 11 is 0. The highest BCUT2D eigenvalue weighted by atomic mass is 16.8. The minimum Gasteiger partial charge on any atom is -0.595 e. The van der Waals surface area contributed by atoms with Gasteiger partial charge in [0.15, 0.2) is 5.69 Å². The molecule has 0 saturated carbocycles. The van der Waals surface area contributed by atoms with Crippen LogP contribution in [0.2, 0.25) is 0 Å². The quantitative estimate of drug-likeness (QED) is 0.420. The van der Waals surface area contributed by atoms with E-state index in [1.165, 1.54) is 0 Å². The average molecular weight is 239 g/mol. The maximum atomic E-state index is 11.3. The van der Waals surface area contributed by atoms with Gasteiger partial charge in [-0.05, 0) is 25.5 Å². The maximum absolute atomic E-state index is 11.3. The normalized spacial score (nSPS) is 20.3. The summed E-state index contributed by atoms with van der Waals surface area (Å²) in [6.45, 7) is 3.45. The van der Waals surface area contributed by atoms with Crippen molar-refractivity contribution in [3.05, 3.63) is 22.4 Å². The van der Waals surface area contributed by atoms with Crippen LogP contribution in [0.25, 0.3) is 0 Å². The number of quaternary nitrogens is 1. The Hall–Kier alpha value is -1.67. The topological polar surface area (TPSA) is 109 Å². The number of amides is 1. The predicted molar refractivity (Wildman–Crippen MR) is 60.0 cm³/mol. The molecule has 0 radical (unpaired) electrons. The summed E-state index contributed by atoms with van der Waals surface area (Å²) in [5.74, 6) is -0.664. The monoisotopic (exact) mass is 239 g/mol. The zero-order valence-corrected chi connectivity index (χ0v) is 9.37. The SMILES string of the molecule is Cc1cc2c(c([NH+]([O-])O)c1C)NC(=O)C(O)N2. The number of aliphatic hydroxyl groups is 1. The first-order valence-corrected chi connectivity index (χ1v) is 5.04. The van der Waals surface area contributed by atoms with Crippen LogP contribution < -0.4 is 15.9 Å². The summed E-state index contributed by atoms with van der Waals surface area (Å²) < 4.78 is 0. The maximum Gasteiger partial charge on any atom is 0.274 e. The van der Waals surface area contributed by atoms with Gasteiger partial charge in [-0.1, -0.05) is 0 Å². The molecule has 1 aliphatic rings. The van der Waals surface area contributed by atoms with Crippen molar-refractivity contribution in [1.82, 2.24) is 0 Å². The molecule has 17 heavy (non-hydrogen) atoms. The molecule has 5 N–H and O–H groups in total. The van der Waals surface area contributed by atoms with Gasteiger partial charge in [-0.3, -0.25) is 4.79 Å². The largest absolute Gasteiger partial charge is 0.595 e. The number of fused-ring (bicyclic) bond motifs is 1. The molecule has 0 bridgehead atoms. The van der Waals surface area contributed by atoms with Gasteiger partial charge in [0.25, 0.3) is 5.91 Å². The molecule has 2 rings (SSSR count). The van der Waals surface area contributed by atoms with E-state index in [1.807, 2.05) is 0 Å². The van der Waals surface area contributed by atoms with Crippen LogP contribution in [0, 0.1) is 19.1 Å². The number of nitrogens with one attached hydrogen (secondary N) is 3. The number of aliphatic hydroxyl groups excluding tert-OH is 1. The van der Waals surface area contributed by atoms with Crippen molar-refractivity contribution >= 4 is 23.0 Å². The molecule has 2 atom stereocenters. The molecule has 1 aliphatic heterocycles. The number of carbonyl (C=O) groups excluding carboxylic acids is 1. The molecule has 7 nitrogen and oxygen atoms in total. The van der Waals surface area contributed by atoms with Crippen molar-refractivity contribution < 1.29 is 20.3 Å². The lowest BCUT2D eigenvalue weighted by atomic mass is 10.0. The van der Waals surface area contributed by atoms with Crippen LogP contribution in [0.15, 0.2) is 6.07 Å². The molecule has 2 unspecified atom stereocenters. The van der Waals surface area contributed by atoms with Gasteiger partial charge in [0.1, 0.15) is 5.69 Å². The molecule has 92 valence electrons. The molecular formula is C10H13N3O4. The number of hydrogen-bond donors (Lipinski definition) is 5. The van der Waals surface area contributed by atoms with Crippen LogP contribution in [0.4, 0.5) is 17.1 Å². The Morgan fingerprint density at radius 1 is 1.47 bits per heavy atom. The Balaban J connectivity index is 2.64. The molecule has 0 aliphatic carbocycles. The zero-order valence-electron chi connectivity index (χ0n) is 9.37. The fraction of sp³-hybridized carbons (Fsp3) is 0.300. The summed E-state index contributed by atoms with van der Waals surface area (Å²) in [6, 6.07) is 1.69. The van der Waals surface area contributed by atoms with E-state index in [-0.39, 0.29) is 11.4 Å². The van der Waals surface area contributed by atoms with Crippen molar-refractivity contribution in [2.75, 3.05) is 10.6 Å². The van der Waals surface area contributed by atoms with Crippen molar-refractivity contribution in [3.8, 4) is 0 Å². The Kier molecular flexibility index (Phi) is 2.76. The highest BCUT2D eigenvalue weighted by Crippen LogP contribution is 2.36. The number of aryl methyl sites for hydroxylation is 1. The third-order valence-electron chi connectivity index (χ3n) is 2.85. The Labute approximate surface area is 97.2 Å². The second-order valence-corrected chi connectivity index (χ2v) is 3.96. The summed E-state index contributed by atoms with van der Waals surface area (Å²) in [5, 5.41) is 33.5. The van der Waals surface area contributed by atoms with Crippen molar-refractivity contribution in [1.29, 1.82) is 0 Å². The lowest BCUT2D eigenvalue weighted by Gasteiger charge is -2.28. The van der Waals surface area contributed by atoms with Crippen molar-refractivity contribution in [3.63, 3.8) is 0 Å². The van der Waals surface area contributed by atoms with E-state index in [2.05, 4.69) is 10.6 Å². The molecule has 1 aromatic carbocycles. The average Bonchev–Trinajstić information content (AvgIpc) is 2.23. The third-order valence-corrected chi connectivity index (χ3v) is 2.85. The fourth-order valence-electron chi connectivity index (χ4n) is 1.83. The van der Waals surface area contributed by atoms with E-state index >= 15 is 0 Å². The van der Waals surface area contributed by atoms with Gasteiger partial charge in [-0.15, -0.1) is 0 Å². The summed E-state index contributed by atoms with van der Waals surface area (Å²) in [5.41, 5.74) is 2.04. The van der Waals surface area contributed by atoms with Gasteiger partial charge in [0.05, 0.1) is 5.69 Å². The minimum absolute atomic E-state index is 0.0488. The van der Waals surface area contributed by atoms with Crippen LogP contribution in [0.5, 0.6) is 0 Å². The third kappa shape index (κ3) is 1.85. The Bertz CT molecular complexity index is 487. The molecule has 1 heterocycles. The second-order valence-electron chi connectivity index (χ2n) is 3.96. The van der Waals surface area contributed by atoms with Crippen LogP contribution in [-0.4, -0.2) is 22.4 Å². The first kappa shape index (κ1) is 11.8. The van der Waals surface area contributed by atoms with Crippen LogP contribution in [0.1, 0.15) is 11.1 Å². The molecule has 0 fully saturated rings. The molecule has 1 aromatic rings. The molecule has 7 heteroatoms. The lowest BCUT2D eigenvalue weighted by molar-refractivity contribution is -0.991. The first-order valence-electron chi connectivity index (χ1n) is 5.04. The highest BCUT2D eigenvalue weighted by molar-refractivity contribution is 6.05. The summed E-state index contributed by atoms with van der Waals surface area (Å²) in [4.78, 5) is 11.3. The number of benzene rings is 1. The summed E-state index contributed by atoms with van der Waals surface area (Å²) in [7, 11) is 0. The molecule has 0 spiro atoms. The van der Waals surface area contributed by atoms with E-state index < -0.39 is 17.4 Å². The second kappa shape index (κ2) is 3.97. The van der Waals surface area contributed by atoms with E-state index in [4.69, 9.17) is 5.21 Å². The zero-order chi connectivity index (χ0) is 12.7. The molecule has 0 saturated heterocycles. The molecule has 1 amide bonds. The Morgan fingerprint density at radius 3 is 2.71 bits per heavy atom. The van der Waals surface area contributed by atoms with Crippen molar-refractivity contribution in [2.24, 2.45) is 0 Å². The van der Waals surface area contributed by atoms with Gasteiger partial charge in [-0.25, -0.2) is 5.21 Å². The van der Waals surface area contributed by atoms with Crippen LogP contribution in [-0.2, 0) is 4.79 Å². The fourth-order valence-corrected chi connectivity index (χ4v) is 1.83. The van der Waals surface area contributed by atoms with Gasteiger partial charge >= 0.3 is 0 Å². The van der Waals surface area contributed by atoms with E-state index in [1.54, 1.807) is 19.9 Å². The number of rotatable bonds is 1. The van der Waals surface area contributed by atoms with Gasteiger partial charge in [0.2, 0.25) is 6.23 Å². The van der Waals surface area contributed by atoms with Gasteiger partial charge < -0.3 is 20.9 Å². The molecular weight excluding hydrogens is 226 g/mol. The smallest absolute Gasteiger partial charge is 0.274 e. The number of anilines is 2. The predicted octanol–water partition coefficient (Wildman–Crippen LogP) is -0.611. The van der Waals surface area contributed by atoms with E-state index in [9.17, 15) is 15.1 Å². The van der Waals surface area contributed by atoms with Crippen LogP contribution >= 0.6 is 0 Å². The standard InChI is InChI=1S/C10H13N3O4/c1-4-3-6-7(8(5(4)2)13(16)17)12-10(15)9(14)11-6/h3,9,11,13-14,16H,1-2H3,(H,12,15). The molecule has 0 aromatic heterocycles. The van der Waals surface area contributed by atoms with Gasteiger partial charge in [0, 0.05) is 5.56 Å². The Morgan fingerprint density at radius 2 is 2.12 bits per heavy atom.